The van der Waals surface area contributed by atoms with E-state index in [1.54, 1.807) is 22.8 Å². The molecule has 6 nitrogen and oxygen atoms in total. The van der Waals surface area contributed by atoms with Crippen molar-refractivity contribution in [2.24, 2.45) is 0 Å². The van der Waals surface area contributed by atoms with Crippen LogP contribution in [0, 0.1) is 0 Å². The first-order valence-electron chi connectivity index (χ1n) is 7.43. The van der Waals surface area contributed by atoms with Crippen molar-refractivity contribution in [3.63, 3.8) is 0 Å². The van der Waals surface area contributed by atoms with E-state index in [4.69, 9.17) is 32.7 Å². The quantitative estimate of drug-likeness (QED) is 0.634. The summed E-state index contributed by atoms with van der Waals surface area (Å²) in [6.07, 6.45) is 2.27. The maximum atomic E-state index is 11.3. The fourth-order valence-corrected chi connectivity index (χ4v) is 4.40. The van der Waals surface area contributed by atoms with Crippen molar-refractivity contribution in [1.29, 1.82) is 0 Å². The Hall–Kier alpha value is -1.96. The first-order chi connectivity index (χ1) is 11.9. The molecule has 2 aliphatic rings. The molecule has 1 N–H and O–H groups in total. The van der Waals surface area contributed by atoms with E-state index in [9.17, 15) is 9.90 Å². The number of halogens is 2. The van der Waals surface area contributed by atoms with E-state index in [1.807, 2.05) is 18.0 Å². The minimum atomic E-state index is -0.931. The molecule has 130 valence electrons. The normalized spacial score (nSPS) is 19.6. The highest BCUT2D eigenvalue weighted by molar-refractivity contribution is 7.14. The molecule has 0 aliphatic carbocycles. The number of nitrogens with zero attached hydrogens (tertiary/aromatic N) is 2. The standard InChI is InChI=1S/C16H12Cl2N2O4S/c1-19-9-4-8(17)2-3-11(9)23-13(19)6-14-20(7-15(21)22)10-5-12(18)24-16(10)25-14/h2-4,6,12H,5,7H2,1H3/p+1. The summed E-state index contributed by atoms with van der Waals surface area (Å²) in [5.41, 5.74) is 1.19. The average Bonchev–Trinajstić information content (AvgIpc) is 3.14. The number of ether oxygens (including phenoxy) is 2. The zero-order valence-corrected chi connectivity index (χ0v) is 15.4. The Morgan fingerprint density at radius 3 is 3.12 bits per heavy atom. The second kappa shape index (κ2) is 6.09. The van der Waals surface area contributed by atoms with Crippen molar-refractivity contribution in [3.05, 3.63) is 39.8 Å². The molecule has 3 heterocycles. The number of carboxylic acid groups (broad SMARTS) is 1. The number of rotatable bonds is 3. The van der Waals surface area contributed by atoms with E-state index in [0.29, 0.717) is 28.1 Å². The third kappa shape index (κ3) is 2.92. The minimum absolute atomic E-state index is 0.166. The highest BCUT2D eigenvalue weighted by Gasteiger charge is 2.37. The zero-order valence-electron chi connectivity index (χ0n) is 13.0. The molecule has 1 unspecified atom stereocenters. The van der Waals surface area contributed by atoms with Gasteiger partial charge in [-0.25, -0.2) is 4.79 Å². The Morgan fingerprint density at radius 1 is 1.56 bits per heavy atom. The van der Waals surface area contributed by atoms with Crippen LogP contribution in [0.2, 0.25) is 5.02 Å². The van der Waals surface area contributed by atoms with E-state index < -0.39 is 11.5 Å². The SMILES string of the molecule is CN1/C(=C/c2sc3c([n+]2CC(=O)O)CC(Cl)O3)Oc2ccc(Cl)cc21. The molecule has 4 rings (SSSR count). The molecule has 0 spiro atoms. The smallest absolute Gasteiger partial charge is 0.370 e. The van der Waals surface area contributed by atoms with E-state index in [0.717, 1.165) is 16.4 Å². The van der Waals surface area contributed by atoms with Crippen LogP contribution in [0.25, 0.3) is 6.08 Å². The molecule has 0 saturated heterocycles. The molecule has 1 aromatic heterocycles. The number of carbonyl (C=O) groups is 1. The molecule has 2 aromatic rings. The summed E-state index contributed by atoms with van der Waals surface area (Å²) in [5.74, 6) is 0.349. The van der Waals surface area contributed by atoms with Crippen LogP contribution in [0.4, 0.5) is 5.69 Å². The number of anilines is 1. The van der Waals surface area contributed by atoms with Crippen LogP contribution < -0.4 is 18.9 Å². The monoisotopic (exact) mass is 399 g/mol. The Balaban J connectivity index is 1.73. The molecule has 0 saturated carbocycles. The Morgan fingerprint density at radius 2 is 2.36 bits per heavy atom. The Bertz CT molecular complexity index is 912. The molecule has 0 bridgehead atoms. The fourth-order valence-electron chi connectivity index (χ4n) is 2.83. The first-order valence-corrected chi connectivity index (χ1v) is 9.06. The van der Waals surface area contributed by atoms with Crippen LogP contribution in [0.3, 0.4) is 0 Å². The number of thiazole rings is 1. The van der Waals surface area contributed by atoms with Gasteiger partial charge in [0.25, 0.3) is 10.1 Å². The maximum Gasteiger partial charge on any atom is 0.370 e. The van der Waals surface area contributed by atoms with Gasteiger partial charge in [-0.05, 0) is 29.5 Å². The van der Waals surface area contributed by atoms with Crippen LogP contribution in [0.5, 0.6) is 10.8 Å². The molecular weight excluding hydrogens is 387 g/mol. The van der Waals surface area contributed by atoms with Gasteiger partial charge in [-0.15, -0.1) is 0 Å². The van der Waals surface area contributed by atoms with Crippen LogP contribution >= 0.6 is 34.5 Å². The predicted molar refractivity (Wildman–Crippen MR) is 94.6 cm³/mol. The number of hydrogen-bond acceptors (Lipinski definition) is 5. The van der Waals surface area contributed by atoms with Crippen molar-refractivity contribution in [3.8, 4) is 10.8 Å². The van der Waals surface area contributed by atoms with Gasteiger partial charge in [0.2, 0.25) is 18.1 Å². The largest absolute Gasteiger partial charge is 0.477 e. The molecule has 9 heteroatoms. The average molecular weight is 400 g/mol. The zero-order chi connectivity index (χ0) is 17.7. The lowest BCUT2D eigenvalue weighted by molar-refractivity contribution is -0.689. The van der Waals surface area contributed by atoms with Gasteiger partial charge in [0.1, 0.15) is 0 Å². The van der Waals surface area contributed by atoms with Crippen LogP contribution in [0.1, 0.15) is 10.7 Å². The number of benzene rings is 1. The number of fused-ring (bicyclic) bond motifs is 2. The van der Waals surface area contributed by atoms with E-state index >= 15 is 0 Å². The number of hydrogen-bond donors (Lipinski definition) is 1. The van der Waals surface area contributed by atoms with Crippen molar-refractivity contribution in [2.45, 2.75) is 18.5 Å². The highest BCUT2D eigenvalue weighted by Crippen LogP contribution is 2.41. The number of carboxylic acids is 1. The second-order valence-corrected chi connectivity index (χ2v) is 7.56. The van der Waals surface area contributed by atoms with Gasteiger partial charge in [-0.1, -0.05) is 23.2 Å². The minimum Gasteiger partial charge on any atom is -0.477 e. The van der Waals surface area contributed by atoms with Crippen LogP contribution in [0.15, 0.2) is 24.1 Å². The summed E-state index contributed by atoms with van der Waals surface area (Å²) in [4.78, 5) is 13.1. The summed E-state index contributed by atoms with van der Waals surface area (Å²) in [7, 11) is 1.86. The summed E-state index contributed by atoms with van der Waals surface area (Å²) >= 11 is 13.4. The fraction of sp³-hybridized carbons (Fsp3) is 0.250. The third-order valence-electron chi connectivity index (χ3n) is 3.98. The number of aromatic nitrogens is 1. The van der Waals surface area contributed by atoms with Crippen molar-refractivity contribution < 1.29 is 23.9 Å². The van der Waals surface area contributed by atoms with Crippen molar-refractivity contribution in [1.82, 2.24) is 0 Å². The number of alkyl halides is 1. The van der Waals surface area contributed by atoms with Gasteiger partial charge in [-0.2, -0.15) is 4.57 Å². The third-order valence-corrected chi connectivity index (χ3v) is 5.52. The van der Waals surface area contributed by atoms with Gasteiger partial charge in [-0.3, -0.25) is 0 Å². The van der Waals surface area contributed by atoms with Gasteiger partial charge in [0.15, 0.2) is 11.3 Å². The molecule has 25 heavy (non-hydrogen) atoms. The van der Waals surface area contributed by atoms with E-state index in [2.05, 4.69) is 0 Å². The lowest BCUT2D eigenvalue weighted by Crippen LogP contribution is -2.42. The van der Waals surface area contributed by atoms with Crippen molar-refractivity contribution in [2.75, 3.05) is 11.9 Å². The van der Waals surface area contributed by atoms with Crippen LogP contribution in [-0.4, -0.2) is 23.7 Å². The summed E-state index contributed by atoms with van der Waals surface area (Å²) in [6.45, 7) is -0.166. The van der Waals surface area contributed by atoms with Crippen molar-refractivity contribution >= 4 is 52.3 Å². The predicted octanol–water partition coefficient (Wildman–Crippen LogP) is 3.10. The molecular formula is C16H13Cl2N2O4S+. The van der Waals surface area contributed by atoms with Gasteiger partial charge < -0.3 is 19.5 Å². The van der Waals surface area contributed by atoms with Gasteiger partial charge in [0.05, 0.1) is 18.2 Å². The van der Waals surface area contributed by atoms with Crippen LogP contribution in [-0.2, 0) is 17.8 Å². The second-order valence-electron chi connectivity index (χ2n) is 5.64. The summed E-state index contributed by atoms with van der Waals surface area (Å²) < 4.78 is 13.1. The Labute approximate surface area is 157 Å². The van der Waals surface area contributed by atoms with Gasteiger partial charge >= 0.3 is 5.97 Å². The molecule has 2 aliphatic heterocycles. The topological polar surface area (TPSA) is 62.9 Å². The summed E-state index contributed by atoms with van der Waals surface area (Å²) in [6, 6.07) is 5.38. The number of aliphatic carboxylic acids is 1. The van der Waals surface area contributed by atoms with E-state index in [1.165, 1.54) is 11.3 Å². The maximum absolute atomic E-state index is 11.3. The Kier molecular flexibility index (Phi) is 4.02. The highest BCUT2D eigenvalue weighted by atomic mass is 35.5. The molecule has 0 fully saturated rings. The molecule has 1 aromatic carbocycles. The van der Waals surface area contributed by atoms with E-state index in [-0.39, 0.29) is 6.54 Å². The molecule has 0 radical (unpaired) electrons. The lowest BCUT2D eigenvalue weighted by Gasteiger charge is -2.10. The lowest BCUT2D eigenvalue weighted by atomic mass is 10.3. The molecule has 0 amide bonds. The summed E-state index contributed by atoms with van der Waals surface area (Å²) in [5, 5.41) is 11.2. The molecule has 1 atom stereocenters. The first kappa shape index (κ1) is 16.5. The van der Waals surface area contributed by atoms with Gasteiger partial charge in [0, 0.05) is 12.1 Å².